The molecule has 0 aliphatic carbocycles. The van der Waals surface area contributed by atoms with Crippen molar-refractivity contribution in [3.63, 3.8) is 0 Å². The Morgan fingerprint density at radius 1 is 1.25 bits per heavy atom. The van der Waals surface area contributed by atoms with E-state index >= 15 is 0 Å². The van der Waals surface area contributed by atoms with E-state index in [9.17, 15) is 9.59 Å². The van der Waals surface area contributed by atoms with Crippen LogP contribution in [0.4, 0.5) is 0 Å². The van der Waals surface area contributed by atoms with E-state index in [1.54, 1.807) is 13.0 Å². The molecule has 0 saturated carbocycles. The van der Waals surface area contributed by atoms with Gasteiger partial charge in [0.1, 0.15) is 5.75 Å². The van der Waals surface area contributed by atoms with E-state index in [2.05, 4.69) is 4.98 Å². The van der Waals surface area contributed by atoms with Gasteiger partial charge >= 0.3 is 5.97 Å². The first-order chi connectivity index (χ1) is 9.67. The average Bonchev–Trinajstić information content (AvgIpc) is 2.87. The molecule has 2 aromatic rings. The zero-order valence-corrected chi connectivity index (χ0v) is 11.6. The molecule has 5 nitrogen and oxygen atoms in total. The number of ether oxygens (including phenoxy) is 2. The fourth-order valence-electron chi connectivity index (χ4n) is 1.90. The minimum atomic E-state index is -0.840. The number of hydrogen-bond donors (Lipinski definition) is 1. The Morgan fingerprint density at radius 2 is 2.05 bits per heavy atom. The Balaban J connectivity index is 2.33. The van der Waals surface area contributed by atoms with Gasteiger partial charge in [-0.15, -0.1) is 0 Å². The zero-order valence-electron chi connectivity index (χ0n) is 11.6. The third-order valence-electron chi connectivity index (χ3n) is 2.83. The molecule has 1 N–H and O–H groups in total. The molecule has 1 heterocycles. The summed E-state index contributed by atoms with van der Waals surface area (Å²) in [7, 11) is 0. The van der Waals surface area contributed by atoms with Gasteiger partial charge in [-0.25, -0.2) is 4.79 Å². The summed E-state index contributed by atoms with van der Waals surface area (Å²) in [4.78, 5) is 26.5. The number of esters is 1. The summed E-state index contributed by atoms with van der Waals surface area (Å²) in [5.74, 6) is -0.809. The highest BCUT2D eigenvalue weighted by Gasteiger charge is 2.21. The summed E-state index contributed by atoms with van der Waals surface area (Å²) < 4.78 is 10.3. The lowest BCUT2D eigenvalue weighted by Crippen LogP contribution is -2.17. The van der Waals surface area contributed by atoms with Crippen molar-refractivity contribution in [2.75, 3.05) is 13.2 Å². The Labute approximate surface area is 116 Å². The quantitative estimate of drug-likeness (QED) is 0.500. The van der Waals surface area contributed by atoms with Crippen LogP contribution in [0.15, 0.2) is 24.4 Å². The predicted octanol–water partition coefficient (Wildman–Crippen LogP) is 2.70. The van der Waals surface area contributed by atoms with Crippen LogP contribution in [-0.4, -0.2) is 30.0 Å². The van der Waals surface area contributed by atoms with Crippen molar-refractivity contribution in [3.8, 4) is 5.75 Å². The highest BCUT2D eigenvalue weighted by Crippen LogP contribution is 2.24. The molecule has 0 spiro atoms. The highest BCUT2D eigenvalue weighted by atomic mass is 16.5. The van der Waals surface area contributed by atoms with Crippen molar-refractivity contribution in [2.24, 2.45) is 0 Å². The third kappa shape index (κ3) is 2.82. The van der Waals surface area contributed by atoms with Gasteiger partial charge in [0.25, 0.3) is 5.78 Å². The number of ketones is 1. The molecule has 1 aromatic carbocycles. The molecule has 0 aliphatic heterocycles. The molecular weight excluding hydrogens is 258 g/mol. The van der Waals surface area contributed by atoms with Crippen LogP contribution in [0.25, 0.3) is 10.9 Å². The van der Waals surface area contributed by atoms with Crippen LogP contribution in [0.5, 0.6) is 5.75 Å². The van der Waals surface area contributed by atoms with E-state index in [1.165, 1.54) is 6.20 Å². The molecule has 0 unspecified atom stereocenters. The first-order valence-corrected chi connectivity index (χ1v) is 6.62. The van der Waals surface area contributed by atoms with Gasteiger partial charge in [-0.3, -0.25) is 4.79 Å². The second kappa shape index (κ2) is 6.23. The Morgan fingerprint density at radius 3 is 2.75 bits per heavy atom. The van der Waals surface area contributed by atoms with Crippen LogP contribution in [0, 0.1) is 0 Å². The maximum atomic E-state index is 12.0. The first-order valence-electron chi connectivity index (χ1n) is 6.62. The Kier molecular flexibility index (Phi) is 4.40. The summed E-state index contributed by atoms with van der Waals surface area (Å²) in [5, 5.41) is 0.664. The van der Waals surface area contributed by atoms with Gasteiger partial charge in [0.15, 0.2) is 0 Å². The van der Waals surface area contributed by atoms with Gasteiger partial charge in [-0.1, -0.05) is 6.92 Å². The molecule has 20 heavy (non-hydrogen) atoms. The summed E-state index contributed by atoms with van der Waals surface area (Å²) in [6.45, 7) is 4.47. The number of carbonyl (C=O) groups is 2. The molecule has 5 heteroatoms. The molecule has 0 bridgehead atoms. The van der Waals surface area contributed by atoms with E-state index in [0.29, 0.717) is 23.3 Å². The average molecular weight is 275 g/mol. The number of fused-ring (bicyclic) bond motifs is 1. The molecule has 1 aromatic heterocycles. The number of benzene rings is 1. The van der Waals surface area contributed by atoms with Crippen molar-refractivity contribution in [1.82, 2.24) is 4.98 Å². The second-order valence-electron chi connectivity index (χ2n) is 4.31. The SMILES string of the molecule is CCCOc1ccc2[nH]cc(C(=O)C(=O)OCC)c2c1. The van der Waals surface area contributed by atoms with Crippen molar-refractivity contribution < 1.29 is 19.1 Å². The molecule has 0 saturated heterocycles. The summed E-state index contributed by atoms with van der Waals surface area (Å²) in [6, 6.07) is 5.41. The maximum absolute atomic E-state index is 12.0. The third-order valence-corrected chi connectivity index (χ3v) is 2.83. The van der Waals surface area contributed by atoms with Crippen LogP contribution in [0.3, 0.4) is 0 Å². The van der Waals surface area contributed by atoms with E-state index < -0.39 is 11.8 Å². The van der Waals surface area contributed by atoms with Crippen LogP contribution in [-0.2, 0) is 9.53 Å². The summed E-state index contributed by atoms with van der Waals surface area (Å²) in [6.07, 6.45) is 2.42. The van der Waals surface area contributed by atoms with Crippen LogP contribution < -0.4 is 4.74 Å². The van der Waals surface area contributed by atoms with E-state index in [1.807, 2.05) is 19.1 Å². The number of Topliss-reactive ketones (excluding diaryl/α,β-unsaturated/α-hetero) is 1. The Hall–Kier alpha value is -2.30. The standard InChI is InChI=1S/C15H17NO4/c1-3-7-20-10-5-6-13-11(8-10)12(9-16-13)14(17)15(18)19-4-2/h5-6,8-9,16H,3-4,7H2,1-2H3. The smallest absolute Gasteiger partial charge is 0.379 e. The van der Waals surface area contributed by atoms with Crippen molar-refractivity contribution >= 4 is 22.7 Å². The fourth-order valence-corrected chi connectivity index (χ4v) is 1.90. The number of aromatic amines is 1. The van der Waals surface area contributed by atoms with E-state index in [-0.39, 0.29) is 6.61 Å². The van der Waals surface area contributed by atoms with Crippen molar-refractivity contribution in [3.05, 3.63) is 30.0 Å². The maximum Gasteiger partial charge on any atom is 0.379 e. The zero-order chi connectivity index (χ0) is 14.5. The lowest BCUT2D eigenvalue weighted by molar-refractivity contribution is -0.137. The summed E-state index contributed by atoms with van der Waals surface area (Å²) in [5.41, 5.74) is 1.09. The molecule has 0 radical (unpaired) electrons. The van der Waals surface area contributed by atoms with Crippen LogP contribution in [0.2, 0.25) is 0 Å². The number of carbonyl (C=O) groups excluding carboxylic acids is 2. The highest BCUT2D eigenvalue weighted by molar-refractivity contribution is 6.43. The predicted molar refractivity (Wildman–Crippen MR) is 75.0 cm³/mol. The second-order valence-corrected chi connectivity index (χ2v) is 4.31. The molecule has 2 rings (SSSR count). The van der Waals surface area contributed by atoms with Gasteiger partial charge in [-0.05, 0) is 31.5 Å². The van der Waals surface area contributed by atoms with E-state index in [0.717, 1.165) is 11.9 Å². The minimum absolute atomic E-state index is 0.178. The number of aromatic nitrogens is 1. The topological polar surface area (TPSA) is 68.4 Å². The molecular formula is C15H17NO4. The van der Waals surface area contributed by atoms with E-state index in [4.69, 9.17) is 9.47 Å². The number of H-pyrrole nitrogens is 1. The molecule has 0 atom stereocenters. The molecule has 106 valence electrons. The van der Waals surface area contributed by atoms with Gasteiger partial charge in [-0.2, -0.15) is 0 Å². The molecule has 0 amide bonds. The summed E-state index contributed by atoms with van der Waals surface area (Å²) >= 11 is 0. The molecule has 0 aliphatic rings. The lowest BCUT2D eigenvalue weighted by Gasteiger charge is -2.05. The number of rotatable bonds is 6. The van der Waals surface area contributed by atoms with Crippen LogP contribution in [0.1, 0.15) is 30.6 Å². The Bertz CT molecular complexity index is 630. The number of hydrogen-bond acceptors (Lipinski definition) is 4. The van der Waals surface area contributed by atoms with Gasteiger partial charge in [0.2, 0.25) is 0 Å². The lowest BCUT2D eigenvalue weighted by atomic mass is 10.1. The van der Waals surface area contributed by atoms with Crippen LogP contribution >= 0.6 is 0 Å². The van der Waals surface area contributed by atoms with Gasteiger partial charge in [0, 0.05) is 17.1 Å². The minimum Gasteiger partial charge on any atom is -0.494 e. The first kappa shape index (κ1) is 14.1. The van der Waals surface area contributed by atoms with Crippen molar-refractivity contribution in [1.29, 1.82) is 0 Å². The fraction of sp³-hybridized carbons (Fsp3) is 0.333. The molecule has 0 fully saturated rings. The largest absolute Gasteiger partial charge is 0.494 e. The monoisotopic (exact) mass is 275 g/mol. The normalized spacial score (nSPS) is 10.5. The van der Waals surface area contributed by atoms with Gasteiger partial charge < -0.3 is 14.5 Å². The number of nitrogens with one attached hydrogen (secondary N) is 1. The van der Waals surface area contributed by atoms with Gasteiger partial charge in [0.05, 0.1) is 18.8 Å². The van der Waals surface area contributed by atoms with Crippen molar-refractivity contribution in [2.45, 2.75) is 20.3 Å².